The molecule has 0 radical (unpaired) electrons. The number of nitrogens with zero attached hydrogens (tertiary/aromatic N) is 2. The van der Waals surface area contributed by atoms with E-state index in [0.29, 0.717) is 24.4 Å². The maximum atomic E-state index is 12.4. The van der Waals surface area contributed by atoms with Crippen molar-refractivity contribution >= 4 is 30.7 Å². The van der Waals surface area contributed by atoms with Gasteiger partial charge in [-0.25, -0.2) is 0 Å². The highest BCUT2D eigenvalue weighted by Gasteiger charge is 2.29. The summed E-state index contributed by atoms with van der Waals surface area (Å²) in [6.45, 7) is 7.75. The van der Waals surface area contributed by atoms with Crippen LogP contribution in [0, 0.1) is 0 Å². The van der Waals surface area contributed by atoms with Gasteiger partial charge in [-0.15, -0.1) is 24.8 Å². The van der Waals surface area contributed by atoms with Gasteiger partial charge in [0.1, 0.15) is 0 Å². The lowest BCUT2D eigenvalue weighted by Crippen LogP contribution is -2.55. The van der Waals surface area contributed by atoms with Crippen LogP contribution < -0.4 is 5.32 Å². The lowest BCUT2D eigenvalue weighted by molar-refractivity contribution is -0.134. The Morgan fingerprint density at radius 3 is 2.68 bits per heavy atom. The first-order valence-corrected chi connectivity index (χ1v) is 7.98. The van der Waals surface area contributed by atoms with Crippen LogP contribution >= 0.6 is 24.8 Å². The smallest absolute Gasteiger partial charge is 0.224 e. The summed E-state index contributed by atoms with van der Waals surface area (Å²) in [5.41, 5.74) is 0. The van der Waals surface area contributed by atoms with Crippen LogP contribution in [0.3, 0.4) is 0 Å². The summed E-state index contributed by atoms with van der Waals surface area (Å²) in [4.78, 5) is 16.9. The zero-order chi connectivity index (χ0) is 14.4. The molecule has 2 rings (SSSR count). The van der Waals surface area contributed by atoms with Crippen molar-refractivity contribution in [1.29, 1.82) is 0 Å². The number of piperazine rings is 1. The van der Waals surface area contributed by atoms with Gasteiger partial charge in [0.2, 0.25) is 5.91 Å². The lowest BCUT2D eigenvalue weighted by Gasteiger charge is -2.41. The third kappa shape index (κ3) is 6.20. The Bertz CT molecular complexity index is 315. The molecule has 2 atom stereocenters. The molecule has 0 aromatic rings. The van der Waals surface area contributed by atoms with E-state index in [-0.39, 0.29) is 24.8 Å². The highest BCUT2D eigenvalue weighted by Crippen LogP contribution is 2.16. The minimum Gasteiger partial charge on any atom is -0.383 e. The Hall–Kier alpha value is -0.0700. The Balaban J connectivity index is 0.00000220. The Morgan fingerprint density at radius 1 is 1.32 bits per heavy atom. The van der Waals surface area contributed by atoms with Gasteiger partial charge >= 0.3 is 0 Å². The fourth-order valence-corrected chi connectivity index (χ4v) is 3.28. The van der Waals surface area contributed by atoms with Gasteiger partial charge in [0, 0.05) is 51.8 Å². The van der Waals surface area contributed by atoms with Crippen LogP contribution in [0.4, 0.5) is 0 Å². The van der Waals surface area contributed by atoms with E-state index in [1.807, 2.05) is 0 Å². The number of hydrogen-bond donors (Lipinski definition) is 1. The molecule has 132 valence electrons. The molecule has 5 nitrogen and oxygen atoms in total. The van der Waals surface area contributed by atoms with E-state index in [2.05, 4.69) is 22.0 Å². The number of hydrogen-bond acceptors (Lipinski definition) is 4. The third-order valence-electron chi connectivity index (χ3n) is 4.59. The number of amides is 1. The lowest BCUT2D eigenvalue weighted by atomic mass is 10.1. The number of halogens is 2. The van der Waals surface area contributed by atoms with E-state index < -0.39 is 0 Å². The van der Waals surface area contributed by atoms with Gasteiger partial charge in [-0.3, -0.25) is 9.69 Å². The zero-order valence-corrected chi connectivity index (χ0v) is 15.4. The molecule has 22 heavy (non-hydrogen) atoms. The van der Waals surface area contributed by atoms with Crippen LogP contribution in [0.25, 0.3) is 0 Å². The predicted molar refractivity (Wildman–Crippen MR) is 94.2 cm³/mol. The predicted octanol–water partition coefficient (Wildman–Crippen LogP) is 1.54. The first kappa shape index (κ1) is 21.9. The summed E-state index contributed by atoms with van der Waals surface area (Å²) in [5, 5.41) is 3.41. The molecular weight excluding hydrogens is 325 g/mol. The monoisotopic (exact) mass is 355 g/mol. The van der Waals surface area contributed by atoms with Crippen molar-refractivity contribution in [1.82, 2.24) is 15.1 Å². The molecule has 0 spiro atoms. The summed E-state index contributed by atoms with van der Waals surface area (Å²) in [6, 6.07) is 0.897. The molecule has 0 bridgehead atoms. The second-order valence-corrected chi connectivity index (χ2v) is 5.93. The molecule has 2 aliphatic rings. The average Bonchev–Trinajstić information content (AvgIpc) is 2.97. The van der Waals surface area contributed by atoms with Crippen molar-refractivity contribution in [2.45, 2.75) is 44.7 Å². The molecule has 2 heterocycles. The van der Waals surface area contributed by atoms with Crippen LogP contribution in [-0.2, 0) is 9.53 Å². The van der Waals surface area contributed by atoms with E-state index >= 15 is 0 Å². The minimum atomic E-state index is 0. The van der Waals surface area contributed by atoms with E-state index in [4.69, 9.17) is 4.74 Å². The number of ether oxygens (including phenoxy) is 1. The molecule has 0 aromatic heterocycles. The maximum absolute atomic E-state index is 12.4. The fourth-order valence-electron chi connectivity index (χ4n) is 3.28. The molecular formula is C15H31Cl2N3O2. The Labute approximate surface area is 146 Å². The Morgan fingerprint density at radius 2 is 2.09 bits per heavy atom. The molecule has 1 amide bonds. The van der Waals surface area contributed by atoms with Crippen LogP contribution in [0.1, 0.15) is 32.6 Å². The fraction of sp³-hybridized carbons (Fsp3) is 0.933. The standard InChI is InChI=1S/C15H29N3O2.2ClH/c1-3-14-12-18(8-7-17(14)9-10-20-2)15(19)11-13-5-4-6-16-13;;/h13-14,16H,3-12H2,1-2H3;2*1H. The van der Waals surface area contributed by atoms with Gasteiger partial charge < -0.3 is 15.0 Å². The molecule has 0 aliphatic carbocycles. The van der Waals surface area contributed by atoms with Crippen LogP contribution in [0.2, 0.25) is 0 Å². The van der Waals surface area contributed by atoms with Gasteiger partial charge in [0.05, 0.1) is 6.61 Å². The third-order valence-corrected chi connectivity index (χ3v) is 4.59. The molecule has 2 fully saturated rings. The number of nitrogens with one attached hydrogen (secondary N) is 1. The number of methoxy groups -OCH3 is 1. The second kappa shape index (κ2) is 11.5. The molecule has 2 unspecified atom stereocenters. The molecule has 0 aromatic carbocycles. The number of rotatable bonds is 6. The summed E-state index contributed by atoms with van der Waals surface area (Å²) >= 11 is 0. The quantitative estimate of drug-likeness (QED) is 0.784. The minimum absolute atomic E-state index is 0. The highest BCUT2D eigenvalue weighted by molar-refractivity contribution is 5.85. The van der Waals surface area contributed by atoms with E-state index in [0.717, 1.165) is 52.2 Å². The van der Waals surface area contributed by atoms with Crippen molar-refractivity contribution in [3.8, 4) is 0 Å². The first-order chi connectivity index (χ1) is 9.74. The van der Waals surface area contributed by atoms with Crippen LogP contribution in [0.5, 0.6) is 0 Å². The highest BCUT2D eigenvalue weighted by atomic mass is 35.5. The topological polar surface area (TPSA) is 44.8 Å². The van der Waals surface area contributed by atoms with Crippen LogP contribution in [-0.4, -0.2) is 74.2 Å². The largest absolute Gasteiger partial charge is 0.383 e. The van der Waals surface area contributed by atoms with Gasteiger partial charge in [0.15, 0.2) is 0 Å². The zero-order valence-electron chi connectivity index (χ0n) is 13.8. The van der Waals surface area contributed by atoms with E-state index in [1.165, 1.54) is 6.42 Å². The van der Waals surface area contributed by atoms with Gasteiger partial charge in [0.25, 0.3) is 0 Å². The van der Waals surface area contributed by atoms with E-state index in [9.17, 15) is 4.79 Å². The normalized spacial score (nSPS) is 25.5. The molecule has 0 saturated carbocycles. The van der Waals surface area contributed by atoms with Crippen molar-refractivity contribution in [2.75, 3.05) is 46.4 Å². The van der Waals surface area contributed by atoms with Gasteiger partial charge in [-0.05, 0) is 25.8 Å². The molecule has 1 N–H and O–H groups in total. The van der Waals surface area contributed by atoms with Crippen molar-refractivity contribution in [3.05, 3.63) is 0 Å². The molecule has 7 heteroatoms. The number of carbonyl (C=O) groups is 1. The molecule has 2 saturated heterocycles. The number of carbonyl (C=O) groups excluding carboxylic acids is 1. The van der Waals surface area contributed by atoms with Crippen molar-refractivity contribution in [3.63, 3.8) is 0 Å². The summed E-state index contributed by atoms with van der Waals surface area (Å²) in [7, 11) is 1.75. The van der Waals surface area contributed by atoms with Crippen molar-refractivity contribution in [2.24, 2.45) is 0 Å². The van der Waals surface area contributed by atoms with Crippen LogP contribution in [0.15, 0.2) is 0 Å². The van der Waals surface area contributed by atoms with Gasteiger partial charge in [-0.1, -0.05) is 6.92 Å². The maximum Gasteiger partial charge on any atom is 0.224 e. The second-order valence-electron chi connectivity index (χ2n) is 5.93. The molecule has 2 aliphatic heterocycles. The Kier molecular flexibility index (Phi) is 11.4. The SMILES string of the molecule is CCC1CN(C(=O)CC2CCCN2)CCN1CCOC.Cl.Cl. The summed E-state index contributed by atoms with van der Waals surface area (Å²) in [6.07, 6.45) is 4.13. The average molecular weight is 356 g/mol. The van der Waals surface area contributed by atoms with E-state index in [1.54, 1.807) is 7.11 Å². The summed E-state index contributed by atoms with van der Waals surface area (Å²) < 4.78 is 5.17. The first-order valence-electron chi connectivity index (χ1n) is 7.98. The van der Waals surface area contributed by atoms with Crippen molar-refractivity contribution < 1.29 is 9.53 Å². The summed E-state index contributed by atoms with van der Waals surface area (Å²) in [5.74, 6) is 0.328. The van der Waals surface area contributed by atoms with Gasteiger partial charge in [-0.2, -0.15) is 0 Å².